The van der Waals surface area contributed by atoms with Crippen molar-refractivity contribution in [1.82, 2.24) is 5.32 Å². The smallest absolute Gasteiger partial charge is 0.0717 e. The molecule has 0 atom stereocenters. The van der Waals surface area contributed by atoms with Crippen LogP contribution in [0, 0.1) is 11.8 Å². The van der Waals surface area contributed by atoms with Crippen LogP contribution in [0.3, 0.4) is 0 Å². The third-order valence-electron chi connectivity index (χ3n) is 5.04. The molecule has 0 spiro atoms. The van der Waals surface area contributed by atoms with Crippen molar-refractivity contribution in [3.8, 4) is 0 Å². The summed E-state index contributed by atoms with van der Waals surface area (Å²) < 4.78 is 5.92. The molecular formula is C22H30ClNO. The lowest BCUT2D eigenvalue weighted by atomic mass is 9.82. The summed E-state index contributed by atoms with van der Waals surface area (Å²) in [5, 5.41) is 3.62. The van der Waals surface area contributed by atoms with Gasteiger partial charge in [-0.25, -0.2) is 0 Å². The van der Waals surface area contributed by atoms with Gasteiger partial charge < -0.3 is 10.1 Å². The van der Waals surface area contributed by atoms with E-state index in [2.05, 4.69) is 66.0 Å². The second-order valence-electron chi connectivity index (χ2n) is 7.00. The summed E-state index contributed by atoms with van der Waals surface area (Å²) in [4.78, 5) is 0. The molecule has 25 heavy (non-hydrogen) atoms. The summed E-state index contributed by atoms with van der Waals surface area (Å²) >= 11 is 0. The fourth-order valence-corrected chi connectivity index (χ4v) is 3.54. The third-order valence-corrected chi connectivity index (χ3v) is 5.04. The normalized spacial score (nSPS) is 20.0. The van der Waals surface area contributed by atoms with E-state index in [1.807, 2.05) is 0 Å². The van der Waals surface area contributed by atoms with Crippen molar-refractivity contribution in [3.05, 3.63) is 71.8 Å². The van der Waals surface area contributed by atoms with Crippen LogP contribution in [-0.2, 0) is 17.9 Å². The fourth-order valence-electron chi connectivity index (χ4n) is 3.54. The molecule has 1 saturated carbocycles. The Morgan fingerprint density at radius 2 is 1.32 bits per heavy atom. The molecule has 2 aromatic carbocycles. The lowest BCUT2D eigenvalue weighted by Crippen LogP contribution is -2.27. The van der Waals surface area contributed by atoms with E-state index in [1.165, 1.54) is 36.8 Å². The average molecular weight is 360 g/mol. The highest BCUT2D eigenvalue weighted by molar-refractivity contribution is 5.85. The van der Waals surface area contributed by atoms with Crippen molar-refractivity contribution in [1.29, 1.82) is 0 Å². The second-order valence-corrected chi connectivity index (χ2v) is 7.00. The third kappa shape index (κ3) is 7.19. The molecule has 1 fully saturated rings. The van der Waals surface area contributed by atoms with Crippen LogP contribution in [0.2, 0.25) is 0 Å². The monoisotopic (exact) mass is 359 g/mol. The van der Waals surface area contributed by atoms with Gasteiger partial charge in [-0.1, -0.05) is 60.7 Å². The number of hydrogen-bond acceptors (Lipinski definition) is 2. The molecule has 0 unspecified atom stereocenters. The van der Waals surface area contributed by atoms with Gasteiger partial charge in [-0.05, 0) is 55.2 Å². The molecule has 0 heterocycles. The van der Waals surface area contributed by atoms with Gasteiger partial charge in [0.1, 0.15) is 0 Å². The van der Waals surface area contributed by atoms with Crippen LogP contribution >= 0.6 is 12.4 Å². The summed E-state index contributed by atoms with van der Waals surface area (Å²) in [6.07, 6.45) is 5.29. The Morgan fingerprint density at radius 3 is 1.96 bits per heavy atom. The minimum absolute atomic E-state index is 0. The minimum Gasteiger partial charge on any atom is -0.376 e. The fraction of sp³-hybridized carbons (Fsp3) is 0.455. The van der Waals surface area contributed by atoms with Crippen molar-refractivity contribution in [2.45, 2.75) is 38.8 Å². The van der Waals surface area contributed by atoms with Gasteiger partial charge in [0.05, 0.1) is 6.61 Å². The van der Waals surface area contributed by atoms with Gasteiger partial charge in [-0.3, -0.25) is 0 Å². The molecule has 0 aliphatic heterocycles. The van der Waals surface area contributed by atoms with Crippen molar-refractivity contribution < 1.29 is 4.74 Å². The quantitative estimate of drug-likeness (QED) is 0.697. The predicted molar refractivity (Wildman–Crippen MR) is 107 cm³/mol. The van der Waals surface area contributed by atoms with Crippen LogP contribution in [0.1, 0.15) is 36.8 Å². The van der Waals surface area contributed by atoms with Gasteiger partial charge in [0, 0.05) is 13.2 Å². The first-order valence-electron chi connectivity index (χ1n) is 9.26. The summed E-state index contributed by atoms with van der Waals surface area (Å²) in [5.74, 6) is 1.58. The topological polar surface area (TPSA) is 21.3 Å². The van der Waals surface area contributed by atoms with Gasteiger partial charge in [0.2, 0.25) is 0 Å². The van der Waals surface area contributed by atoms with Crippen molar-refractivity contribution in [3.63, 3.8) is 0 Å². The van der Waals surface area contributed by atoms with E-state index < -0.39 is 0 Å². The first kappa shape index (κ1) is 20.0. The molecule has 3 rings (SSSR count). The van der Waals surface area contributed by atoms with E-state index in [9.17, 15) is 0 Å². The van der Waals surface area contributed by atoms with Gasteiger partial charge in [-0.15, -0.1) is 12.4 Å². The maximum absolute atomic E-state index is 5.92. The SMILES string of the molecule is Cl.c1ccc(CNCC2CCC(COCc3ccccc3)CC2)cc1. The van der Waals surface area contributed by atoms with E-state index in [4.69, 9.17) is 4.74 Å². The molecule has 0 radical (unpaired) electrons. The minimum atomic E-state index is 0. The largest absolute Gasteiger partial charge is 0.376 e. The zero-order chi connectivity index (χ0) is 16.5. The van der Waals surface area contributed by atoms with Crippen LogP contribution in [0.25, 0.3) is 0 Å². The molecule has 1 N–H and O–H groups in total. The Hall–Kier alpha value is -1.35. The average Bonchev–Trinajstić information content (AvgIpc) is 2.65. The molecular weight excluding hydrogens is 330 g/mol. The van der Waals surface area contributed by atoms with Gasteiger partial charge in [-0.2, -0.15) is 0 Å². The molecule has 0 bridgehead atoms. The maximum Gasteiger partial charge on any atom is 0.0717 e. The first-order valence-corrected chi connectivity index (χ1v) is 9.26. The van der Waals surface area contributed by atoms with Gasteiger partial charge in [0.15, 0.2) is 0 Å². The number of ether oxygens (including phenoxy) is 1. The Kier molecular flexibility index (Phi) is 9.03. The highest BCUT2D eigenvalue weighted by Gasteiger charge is 2.20. The summed E-state index contributed by atoms with van der Waals surface area (Å²) in [5.41, 5.74) is 2.65. The van der Waals surface area contributed by atoms with E-state index in [0.717, 1.165) is 38.1 Å². The highest BCUT2D eigenvalue weighted by atomic mass is 35.5. The van der Waals surface area contributed by atoms with Crippen LogP contribution in [-0.4, -0.2) is 13.2 Å². The zero-order valence-corrected chi connectivity index (χ0v) is 15.7. The number of benzene rings is 2. The van der Waals surface area contributed by atoms with Crippen molar-refractivity contribution in [2.75, 3.05) is 13.2 Å². The molecule has 2 nitrogen and oxygen atoms in total. The Morgan fingerprint density at radius 1 is 0.760 bits per heavy atom. The van der Waals surface area contributed by atoms with Crippen molar-refractivity contribution >= 4 is 12.4 Å². The number of nitrogens with one attached hydrogen (secondary N) is 1. The van der Waals surface area contributed by atoms with E-state index in [1.54, 1.807) is 0 Å². The van der Waals surface area contributed by atoms with E-state index in [-0.39, 0.29) is 12.4 Å². The Balaban J connectivity index is 0.00000225. The molecule has 2 aromatic rings. The van der Waals surface area contributed by atoms with E-state index in [0.29, 0.717) is 0 Å². The summed E-state index contributed by atoms with van der Waals surface area (Å²) in [7, 11) is 0. The van der Waals surface area contributed by atoms with E-state index >= 15 is 0 Å². The molecule has 0 aromatic heterocycles. The van der Waals surface area contributed by atoms with Crippen LogP contribution in [0.15, 0.2) is 60.7 Å². The number of hydrogen-bond donors (Lipinski definition) is 1. The van der Waals surface area contributed by atoms with Crippen LogP contribution in [0.5, 0.6) is 0 Å². The van der Waals surface area contributed by atoms with Gasteiger partial charge in [0.25, 0.3) is 0 Å². The molecule has 0 amide bonds. The van der Waals surface area contributed by atoms with Crippen molar-refractivity contribution in [2.24, 2.45) is 11.8 Å². The van der Waals surface area contributed by atoms with Gasteiger partial charge >= 0.3 is 0 Å². The molecule has 136 valence electrons. The highest BCUT2D eigenvalue weighted by Crippen LogP contribution is 2.28. The van der Waals surface area contributed by atoms with Crippen LogP contribution < -0.4 is 5.32 Å². The lowest BCUT2D eigenvalue weighted by Gasteiger charge is -2.28. The Labute approximate surface area is 158 Å². The number of halogens is 1. The Bertz CT molecular complexity index is 514. The molecule has 0 saturated heterocycles. The maximum atomic E-state index is 5.92. The number of rotatable bonds is 8. The standard InChI is InChI=1S/C22H29NO.ClH/c1-3-7-19(8-4-1)15-23-16-20-11-13-22(14-12-20)18-24-17-21-9-5-2-6-10-21;/h1-10,20,22-23H,11-18H2;1H. The molecule has 1 aliphatic rings. The molecule has 1 aliphatic carbocycles. The zero-order valence-electron chi connectivity index (χ0n) is 14.9. The second kappa shape index (κ2) is 11.3. The summed E-state index contributed by atoms with van der Waals surface area (Å²) in [6.45, 7) is 3.80. The van der Waals surface area contributed by atoms with Crippen LogP contribution in [0.4, 0.5) is 0 Å². The predicted octanol–water partition coefficient (Wildman–Crippen LogP) is 5.22. The lowest BCUT2D eigenvalue weighted by molar-refractivity contribution is 0.0670. The summed E-state index contributed by atoms with van der Waals surface area (Å²) in [6, 6.07) is 21.1. The first-order chi connectivity index (χ1) is 11.9. The molecule has 3 heteroatoms.